The summed E-state index contributed by atoms with van der Waals surface area (Å²) in [6, 6.07) is 21.0. The molecule has 1 aliphatic heterocycles. The summed E-state index contributed by atoms with van der Waals surface area (Å²) in [6.07, 6.45) is 6.53. The number of nitrogens with zero attached hydrogens (tertiary/aromatic N) is 4. The third-order valence-corrected chi connectivity index (χ3v) is 5.99. The molecule has 3 heterocycles. The Hall–Kier alpha value is -3.18. The van der Waals surface area contributed by atoms with Crippen molar-refractivity contribution in [3.05, 3.63) is 84.2 Å². The Balaban J connectivity index is 1.59. The molecule has 0 unspecified atom stereocenters. The van der Waals surface area contributed by atoms with Crippen LogP contribution in [0.15, 0.2) is 73.1 Å². The maximum atomic E-state index is 5.12. The summed E-state index contributed by atoms with van der Waals surface area (Å²) in [5.41, 5.74) is 5.86. The molecular formula is C25H27N5. The van der Waals surface area contributed by atoms with Gasteiger partial charge < -0.3 is 9.88 Å². The molecule has 0 saturated carbocycles. The molecule has 0 bridgehead atoms. The Bertz CT molecular complexity index is 1110. The molecule has 30 heavy (non-hydrogen) atoms. The first-order chi connectivity index (χ1) is 14.8. The second-order valence-corrected chi connectivity index (χ2v) is 8.03. The highest BCUT2D eigenvalue weighted by molar-refractivity contribution is 5.66. The maximum Gasteiger partial charge on any atom is 0.141 e. The predicted octanol–water partition coefficient (Wildman–Crippen LogP) is 4.47. The lowest BCUT2D eigenvalue weighted by Crippen LogP contribution is -2.26. The molecule has 1 N–H and O–H groups in total. The Labute approximate surface area is 177 Å². The van der Waals surface area contributed by atoms with Gasteiger partial charge in [-0.15, -0.1) is 0 Å². The van der Waals surface area contributed by atoms with E-state index >= 15 is 0 Å². The second kappa shape index (κ2) is 8.28. The van der Waals surface area contributed by atoms with Crippen LogP contribution in [-0.4, -0.2) is 32.4 Å². The zero-order valence-electron chi connectivity index (χ0n) is 17.3. The predicted molar refractivity (Wildman–Crippen MR) is 120 cm³/mol. The van der Waals surface area contributed by atoms with Crippen LogP contribution in [0.5, 0.6) is 0 Å². The van der Waals surface area contributed by atoms with E-state index in [1.807, 2.05) is 24.0 Å². The van der Waals surface area contributed by atoms with E-state index in [-0.39, 0.29) is 0 Å². The van der Waals surface area contributed by atoms with Gasteiger partial charge in [0.15, 0.2) is 0 Å². The Morgan fingerprint density at radius 3 is 2.40 bits per heavy atom. The molecular weight excluding hydrogens is 370 g/mol. The van der Waals surface area contributed by atoms with Crippen LogP contribution in [0.4, 0.5) is 0 Å². The van der Waals surface area contributed by atoms with E-state index in [9.17, 15) is 0 Å². The summed E-state index contributed by atoms with van der Waals surface area (Å²) < 4.78 is 4.25. The number of imidazole rings is 1. The lowest BCUT2D eigenvalue weighted by molar-refractivity contribution is 0.461. The molecule has 152 valence electrons. The van der Waals surface area contributed by atoms with E-state index in [1.54, 1.807) is 0 Å². The number of nitrogens with one attached hydrogen (secondary N) is 1. The minimum atomic E-state index is 0.536. The van der Waals surface area contributed by atoms with E-state index in [0.29, 0.717) is 5.92 Å². The van der Waals surface area contributed by atoms with Gasteiger partial charge in [-0.25, -0.2) is 4.98 Å². The van der Waals surface area contributed by atoms with Gasteiger partial charge in [0.1, 0.15) is 11.5 Å². The van der Waals surface area contributed by atoms with Crippen LogP contribution in [0.3, 0.4) is 0 Å². The molecule has 1 fully saturated rings. The van der Waals surface area contributed by atoms with Crippen molar-refractivity contribution < 1.29 is 0 Å². The van der Waals surface area contributed by atoms with Crippen LogP contribution in [0.1, 0.15) is 29.9 Å². The molecule has 0 aliphatic carbocycles. The third-order valence-electron chi connectivity index (χ3n) is 5.99. The molecule has 0 amide bonds. The molecule has 1 saturated heterocycles. The summed E-state index contributed by atoms with van der Waals surface area (Å²) in [5, 5.41) is 8.08. The maximum absolute atomic E-state index is 5.12. The van der Waals surface area contributed by atoms with Crippen LogP contribution in [0.25, 0.3) is 22.8 Å². The van der Waals surface area contributed by atoms with Gasteiger partial charge >= 0.3 is 0 Å². The minimum absolute atomic E-state index is 0.536. The standard InChI is InChI=1S/C25H27N5/c1-29-24(22(16-27-29)20-12-14-26-15-13-20)23-18-30(17-19-8-4-2-5-9-19)25(28-23)21-10-6-3-7-11-21/h2-11,16,18,20,26H,12-15,17H2,1H3. The van der Waals surface area contributed by atoms with Gasteiger partial charge in [-0.2, -0.15) is 5.10 Å². The van der Waals surface area contributed by atoms with Gasteiger partial charge in [0, 0.05) is 30.9 Å². The summed E-state index contributed by atoms with van der Waals surface area (Å²) in [4.78, 5) is 5.12. The molecule has 2 aromatic heterocycles. The minimum Gasteiger partial charge on any atom is -0.326 e. The van der Waals surface area contributed by atoms with Crippen molar-refractivity contribution in [3.63, 3.8) is 0 Å². The molecule has 5 nitrogen and oxygen atoms in total. The molecule has 5 heteroatoms. The van der Waals surface area contributed by atoms with E-state index in [2.05, 4.69) is 75.8 Å². The number of aromatic nitrogens is 4. The van der Waals surface area contributed by atoms with Crippen molar-refractivity contribution in [2.24, 2.45) is 7.05 Å². The SMILES string of the molecule is Cn1ncc(C2CCNCC2)c1-c1cn(Cc2ccccc2)c(-c2ccccc2)n1. The number of rotatable bonds is 5. The highest BCUT2D eigenvalue weighted by Gasteiger charge is 2.24. The molecule has 0 atom stereocenters. The number of piperidine rings is 1. The fourth-order valence-corrected chi connectivity index (χ4v) is 4.45. The van der Waals surface area contributed by atoms with Crippen LogP contribution in [-0.2, 0) is 13.6 Å². The van der Waals surface area contributed by atoms with Crippen LogP contribution < -0.4 is 5.32 Å². The Kier molecular flexibility index (Phi) is 5.20. The number of aryl methyl sites for hydroxylation is 1. The second-order valence-electron chi connectivity index (χ2n) is 8.03. The van der Waals surface area contributed by atoms with Crippen molar-refractivity contribution in [3.8, 4) is 22.8 Å². The van der Waals surface area contributed by atoms with Gasteiger partial charge in [-0.05, 0) is 37.4 Å². The Morgan fingerprint density at radius 2 is 1.67 bits per heavy atom. The van der Waals surface area contributed by atoms with E-state index < -0.39 is 0 Å². The molecule has 4 aromatic rings. The number of benzene rings is 2. The largest absolute Gasteiger partial charge is 0.326 e. The lowest BCUT2D eigenvalue weighted by atomic mass is 9.90. The Morgan fingerprint density at radius 1 is 0.967 bits per heavy atom. The molecule has 0 spiro atoms. The van der Waals surface area contributed by atoms with Crippen LogP contribution in [0, 0.1) is 0 Å². The number of hydrogen-bond donors (Lipinski definition) is 1. The summed E-state index contributed by atoms with van der Waals surface area (Å²) in [7, 11) is 2.03. The van der Waals surface area contributed by atoms with Crippen molar-refractivity contribution in [2.75, 3.05) is 13.1 Å². The van der Waals surface area contributed by atoms with Gasteiger partial charge in [-0.3, -0.25) is 4.68 Å². The highest BCUT2D eigenvalue weighted by Crippen LogP contribution is 2.34. The monoisotopic (exact) mass is 397 g/mol. The third kappa shape index (κ3) is 3.68. The van der Waals surface area contributed by atoms with Gasteiger partial charge in [0.25, 0.3) is 0 Å². The lowest BCUT2D eigenvalue weighted by Gasteiger charge is -2.22. The van der Waals surface area contributed by atoms with Crippen molar-refractivity contribution in [1.29, 1.82) is 0 Å². The summed E-state index contributed by atoms with van der Waals surface area (Å²) >= 11 is 0. The van der Waals surface area contributed by atoms with Crippen molar-refractivity contribution in [2.45, 2.75) is 25.3 Å². The van der Waals surface area contributed by atoms with Crippen LogP contribution in [0.2, 0.25) is 0 Å². The zero-order valence-corrected chi connectivity index (χ0v) is 17.3. The fourth-order valence-electron chi connectivity index (χ4n) is 4.45. The first-order valence-corrected chi connectivity index (χ1v) is 10.7. The average Bonchev–Trinajstić information content (AvgIpc) is 3.39. The topological polar surface area (TPSA) is 47.7 Å². The first kappa shape index (κ1) is 18.8. The average molecular weight is 398 g/mol. The van der Waals surface area contributed by atoms with Gasteiger partial charge in [0.2, 0.25) is 0 Å². The molecule has 1 aliphatic rings. The molecule has 2 aromatic carbocycles. The molecule has 5 rings (SSSR count). The van der Waals surface area contributed by atoms with Crippen molar-refractivity contribution in [1.82, 2.24) is 24.6 Å². The van der Waals surface area contributed by atoms with E-state index in [0.717, 1.165) is 55.3 Å². The fraction of sp³-hybridized carbons (Fsp3) is 0.280. The quantitative estimate of drug-likeness (QED) is 0.541. The summed E-state index contributed by atoms with van der Waals surface area (Å²) in [5.74, 6) is 1.53. The highest BCUT2D eigenvalue weighted by atomic mass is 15.3. The zero-order chi connectivity index (χ0) is 20.3. The van der Waals surface area contributed by atoms with E-state index in [4.69, 9.17) is 4.98 Å². The first-order valence-electron chi connectivity index (χ1n) is 10.7. The molecule has 0 radical (unpaired) electrons. The van der Waals surface area contributed by atoms with Crippen LogP contribution >= 0.6 is 0 Å². The van der Waals surface area contributed by atoms with Gasteiger partial charge in [-0.1, -0.05) is 60.7 Å². The smallest absolute Gasteiger partial charge is 0.141 e. The summed E-state index contributed by atoms with van der Waals surface area (Å²) in [6.45, 7) is 2.92. The number of hydrogen-bond acceptors (Lipinski definition) is 3. The van der Waals surface area contributed by atoms with Gasteiger partial charge in [0.05, 0.1) is 11.9 Å². The normalized spacial score (nSPS) is 14.8. The van der Waals surface area contributed by atoms with E-state index in [1.165, 1.54) is 11.1 Å². The van der Waals surface area contributed by atoms with Crippen molar-refractivity contribution >= 4 is 0 Å².